The van der Waals surface area contributed by atoms with Gasteiger partial charge in [-0.2, -0.15) is 17.9 Å². The molecule has 1 rings (SSSR count). The van der Waals surface area contributed by atoms with Gasteiger partial charge in [-0.15, -0.1) is 0 Å². The number of rotatable bonds is 3. The number of nitriles is 1. The van der Waals surface area contributed by atoms with Crippen molar-refractivity contribution in [3.8, 4) is 6.07 Å². The lowest BCUT2D eigenvalue weighted by Gasteiger charge is -1.92. The van der Waals surface area contributed by atoms with Gasteiger partial charge in [-0.1, -0.05) is 12.1 Å². The van der Waals surface area contributed by atoms with E-state index in [4.69, 9.17) is 5.26 Å². The Bertz CT molecular complexity index is 339. The molecule has 13 heavy (non-hydrogen) atoms. The van der Waals surface area contributed by atoms with Crippen molar-refractivity contribution in [2.24, 2.45) is 0 Å². The van der Waals surface area contributed by atoms with Crippen LogP contribution in [-0.2, 0) is 0 Å². The Labute approximate surface area is 83.3 Å². The Hall–Kier alpha value is -1.27. The van der Waals surface area contributed by atoms with Gasteiger partial charge in [0.2, 0.25) is 0 Å². The summed E-state index contributed by atoms with van der Waals surface area (Å²) in [5.74, 6) is 0.828. The van der Waals surface area contributed by atoms with Gasteiger partial charge in [-0.25, -0.2) is 4.98 Å². The lowest BCUT2D eigenvalue weighted by atomic mass is 10.3. The van der Waals surface area contributed by atoms with Crippen LogP contribution in [0.4, 0.5) is 0 Å². The topological polar surface area (TPSA) is 36.7 Å². The van der Waals surface area contributed by atoms with Crippen molar-refractivity contribution < 1.29 is 0 Å². The molecule has 0 unspecified atom stereocenters. The van der Waals surface area contributed by atoms with Gasteiger partial charge in [-0.3, -0.25) is 0 Å². The van der Waals surface area contributed by atoms with Crippen LogP contribution in [0.25, 0.3) is 6.08 Å². The first kappa shape index (κ1) is 9.82. The Morgan fingerprint density at radius 3 is 3.08 bits per heavy atom. The summed E-state index contributed by atoms with van der Waals surface area (Å²) in [6, 6.07) is 7.38. The van der Waals surface area contributed by atoms with Crippen LogP contribution in [0.15, 0.2) is 24.3 Å². The normalized spacial score (nSPS) is 10.2. The van der Waals surface area contributed by atoms with Crippen molar-refractivity contribution in [1.82, 2.24) is 4.98 Å². The van der Waals surface area contributed by atoms with Crippen molar-refractivity contribution in [3.05, 3.63) is 35.7 Å². The maximum Gasteiger partial charge on any atom is 0.141 e. The zero-order valence-electron chi connectivity index (χ0n) is 7.14. The van der Waals surface area contributed by atoms with E-state index in [1.54, 1.807) is 6.07 Å². The van der Waals surface area contributed by atoms with E-state index in [1.165, 1.54) is 0 Å². The average Bonchev–Trinajstić information content (AvgIpc) is 2.19. The van der Waals surface area contributed by atoms with E-state index in [0.29, 0.717) is 5.69 Å². The molecular formula is C10H10N2S. The molecule has 0 spiro atoms. The number of thiol groups is 1. The minimum atomic E-state index is 0.452. The van der Waals surface area contributed by atoms with Gasteiger partial charge in [0.1, 0.15) is 11.8 Å². The zero-order chi connectivity index (χ0) is 9.52. The Morgan fingerprint density at radius 1 is 1.54 bits per heavy atom. The molecule has 2 nitrogen and oxygen atoms in total. The summed E-state index contributed by atoms with van der Waals surface area (Å²) < 4.78 is 0. The van der Waals surface area contributed by atoms with Crippen LogP contribution in [0.3, 0.4) is 0 Å². The van der Waals surface area contributed by atoms with Crippen molar-refractivity contribution in [1.29, 1.82) is 5.26 Å². The molecule has 3 heteroatoms. The van der Waals surface area contributed by atoms with E-state index < -0.39 is 0 Å². The number of pyridine rings is 1. The highest BCUT2D eigenvalue weighted by Gasteiger charge is 1.91. The summed E-state index contributed by atoms with van der Waals surface area (Å²) in [4.78, 5) is 4.09. The SMILES string of the molecule is N#Cc1cccc(C=CCCS)n1. The number of allylic oxidation sites excluding steroid dienone is 1. The molecule has 1 aromatic rings. The molecule has 0 saturated carbocycles. The van der Waals surface area contributed by atoms with Crippen LogP contribution < -0.4 is 0 Å². The highest BCUT2D eigenvalue weighted by atomic mass is 32.1. The molecule has 0 amide bonds. The summed E-state index contributed by atoms with van der Waals surface area (Å²) in [5, 5.41) is 8.58. The van der Waals surface area contributed by atoms with E-state index >= 15 is 0 Å². The van der Waals surface area contributed by atoms with Gasteiger partial charge in [0.25, 0.3) is 0 Å². The molecule has 0 fully saturated rings. The molecule has 1 aromatic heterocycles. The maximum atomic E-state index is 8.58. The first-order valence-electron chi connectivity index (χ1n) is 4.01. The number of hydrogen-bond donors (Lipinski definition) is 1. The quantitative estimate of drug-likeness (QED) is 0.742. The summed E-state index contributed by atoms with van der Waals surface area (Å²) in [7, 11) is 0. The van der Waals surface area contributed by atoms with Crippen LogP contribution in [0.2, 0.25) is 0 Å². The number of nitrogens with zero attached hydrogens (tertiary/aromatic N) is 2. The second kappa shape index (κ2) is 5.39. The monoisotopic (exact) mass is 190 g/mol. The summed E-state index contributed by atoms with van der Waals surface area (Å²) >= 11 is 4.08. The van der Waals surface area contributed by atoms with Crippen LogP contribution >= 0.6 is 12.6 Å². The molecule has 0 aromatic carbocycles. The fourth-order valence-electron chi connectivity index (χ4n) is 0.885. The molecule has 0 bridgehead atoms. The standard InChI is InChI=1S/C10H10N2S/c11-8-10-6-3-5-9(12-10)4-1-2-7-13/h1,3-6,13H,2,7H2. The molecule has 0 radical (unpaired) electrons. The van der Waals surface area contributed by atoms with E-state index in [-0.39, 0.29) is 0 Å². The minimum Gasteiger partial charge on any atom is -0.238 e. The van der Waals surface area contributed by atoms with Gasteiger partial charge in [0.15, 0.2) is 0 Å². The molecule has 0 N–H and O–H groups in total. The molecular weight excluding hydrogens is 180 g/mol. The fourth-order valence-corrected chi connectivity index (χ4v) is 1.03. The predicted octanol–water partition coefficient (Wildman–Crippen LogP) is 2.29. The van der Waals surface area contributed by atoms with Gasteiger partial charge >= 0.3 is 0 Å². The molecule has 0 aliphatic rings. The average molecular weight is 190 g/mol. The first-order chi connectivity index (χ1) is 6.36. The first-order valence-corrected chi connectivity index (χ1v) is 4.64. The second-order valence-electron chi connectivity index (χ2n) is 2.47. The molecule has 66 valence electrons. The van der Waals surface area contributed by atoms with Gasteiger partial charge in [0, 0.05) is 0 Å². The highest BCUT2D eigenvalue weighted by molar-refractivity contribution is 7.80. The lowest BCUT2D eigenvalue weighted by molar-refractivity contribution is 1.22. The summed E-state index contributed by atoms with van der Waals surface area (Å²) in [5.41, 5.74) is 1.27. The zero-order valence-corrected chi connectivity index (χ0v) is 8.04. The highest BCUT2D eigenvalue weighted by Crippen LogP contribution is 2.01. The van der Waals surface area contributed by atoms with Crippen molar-refractivity contribution in [2.45, 2.75) is 6.42 Å². The van der Waals surface area contributed by atoms with Crippen molar-refractivity contribution in [3.63, 3.8) is 0 Å². The van der Waals surface area contributed by atoms with Crippen LogP contribution in [-0.4, -0.2) is 10.7 Å². The van der Waals surface area contributed by atoms with Crippen molar-refractivity contribution >= 4 is 18.7 Å². The van der Waals surface area contributed by atoms with E-state index in [1.807, 2.05) is 30.4 Å². The van der Waals surface area contributed by atoms with Crippen molar-refractivity contribution in [2.75, 3.05) is 5.75 Å². The third-order valence-electron chi connectivity index (χ3n) is 1.47. The third-order valence-corrected chi connectivity index (χ3v) is 1.73. The Balaban J connectivity index is 2.73. The smallest absolute Gasteiger partial charge is 0.141 e. The van der Waals surface area contributed by atoms with Crippen LogP contribution in [0.5, 0.6) is 0 Å². The molecule has 1 heterocycles. The van der Waals surface area contributed by atoms with E-state index in [2.05, 4.69) is 17.6 Å². The van der Waals surface area contributed by atoms with Crippen LogP contribution in [0.1, 0.15) is 17.8 Å². The van der Waals surface area contributed by atoms with E-state index in [0.717, 1.165) is 17.9 Å². The third kappa shape index (κ3) is 3.30. The van der Waals surface area contributed by atoms with Gasteiger partial charge < -0.3 is 0 Å². The van der Waals surface area contributed by atoms with Gasteiger partial charge in [-0.05, 0) is 30.4 Å². The Kier molecular flexibility index (Phi) is 4.07. The molecule has 0 aliphatic carbocycles. The second-order valence-corrected chi connectivity index (χ2v) is 2.92. The largest absolute Gasteiger partial charge is 0.238 e. The molecule has 0 saturated heterocycles. The summed E-state index contributed by atoms with van der Waals surface area (Å²) in [6.45, 7) is 0. The van der Waals surface area contributed by atoms with E-state index in [9.17, 15) is 0 Å². The molecule has 0 atom stereocenters. The maximum absolute atomic E-state index is 8.58. The lowest BCUT2D eigenvalue weighted by Crippen LogP contribution is -1.84. The number of hydrogen-bond acceptors (Lipinski definition) is 3. The van der Waals surface area contributed by atoms with Crippen LogP contribution in [0, 0.1) is 11.3 Å². The predicted molar refractivity (Wildman–Crippen MR) is 56.5 cm³/mol. The Morgan fingerprint density at radius 2 is 2.38 bits per heavy atom. The summed E-state index contributed by atoms with van der Waals surface area (Å²) in [6.07, 6.45) is 4.81. The van der Waals surface area contributed by atoms with Gasteiger partial charge in [0.05, 0.1) is 5.69 Å². The minimum absolute atomic E-state index is 0.452. The molecule has 0 aliphatic heterocycles. The number of aromatic nitrogens is 1. The fraction of sp³-hybridized carbons (Fsp3) is 0.200.